The summed E-state index contributed by atoms with van der Waals surface area (Å²) in [7, 11) is 2.81. The van der Waals surface area contributed by atoms with E-state index in [0.717, 1.165) is 0 Å². The number of hydrogen-bond acceptors (Lipinski definition) is 6. The smallest absolute Gasteiger partial charge is 0.341 e. The molecule has 1 aromatic heterocycles. The number of esters is 1. The summed E-state index contributed by atoms with van der Waals surface area (Å²) in [4.78, 5) is 11.7. The van der Waals surface area contributed by atoms with Gasteiger partial charge in [-0.2, -0.15) is 0 Å². The lowest BCUT2D eigenvalue weighted by Gasteiger charge is -2.12. The van der Waals surface area contributed by atoms with Gasteiger partial charge in [0.05, 0.1) is 14.2 Å². The summed E-state index contributed by atoms with van der Waals surface area (Å²) in [6.07, 6.45) is 1.45. The number of para-hydroxylation sites is 1. The Balaban J connectivity index is 2.27. The number of methoxy groups -OCH3 is 2. The minimum Gasteiger partial charge on any atom is -0.493 e. The molecular weight excluding hydrogens is 250 g/mol. The first-order valence-electron chi connectivity index (χ1n) is 5.53. The van der Waals surface area contributed by atoms with E-state index in [-0.39, 0.29) is 6.61 Å². The SMILES string of the molecule is COC(=O)c1cccc(OC)c1OCc1ccon1. The van der Waals surface area contributed by atoms with E-state index < -0.39 is 5.97 Å². The topological polar surface area (TPSA) is 70.8 Å². The zero-order chi connectivity index (χ0) is 13.7. The highest BCUT2D eigenvalue weighted by Crippen LogP contribution is 2.32. The Labute approximate surface area is 109 Å². The molecule has 0 atom stereocenters. The molecule has 0 saturated heterocycles. The summed E-state index contributed by atoms with van der Waals surface area (Å²) in [5.41, 5.74) is 0.909. The van der Waals surface area contributed by atoms with Crippen molar-refractivity contribution in [2.75, 3.05) is 14.2 Å². The van der Waals surface area contributed by atoms with Crippen LogP contribution in [0, 0.1) is 0 Å². The van der Waals surface area contributed by atoms with E-state index in [0.29, 0.717) is 22.8 Å². The number of rotatable bonds is 5. The van der Waals surface area contributed by atoms with Crippen LogP contribution in [0.3, 0.4) is 0 Å². The number of aromatic nitrogens is 1. The average molecular weight is 263 g/mol. The number of carbonyl (C=O) groups is 1. The second kappa shape index (κ2) is 5.90. The predicted molar refractivity (Wildman–Crippen MR) is 65.2 cm³/mol. The molecule has 2 rings (SSSR count). The Bertz CT molecular complexity index is 550. The van der Waals surface area contributed by atoms with Gasteiger partial charge >= 0.3 is 5.97 Å². The lowest BCUT2D eigenvalue weighted by Crippen LogP contribution is -2.07. The van der Waals surface area contributed by atoms with Crippen LogP contribution in [0.4, 0.5) is 0 Å². The normalized spacial score (nSPS) is 10.0. The Hall–Kier alpha value is -2.50. The maximum absolute atomic E-state index is 11.7. The molecule has 6 heteroatoms. The molecule has 0 radical (unpaired) electrons. The van der Waals surface area contributed by atoms with Gasteiger partial charge in [0.15, 0.2) is 11.5 Å². The molecule has 0 unspecified atom stereocenters. The number of benzene rings is 1. The molecule has 0 spiro atoms. The van der Waals surface area contributed by atoms with Crippen molar-refractivity contribution in [3.05, 3.63) is 41.8 Å². The van der Waals surface area contributed by atoms with Crippen molar-refractivity contribution in [2.45, 2.75) is 6.61 Å². The van der Waals surface area contributed by atoms with Crippen LogP contribution in [-0.4, -0.2) is 25.3 Å². The van der Waals surface area contributed by atoms with Gasteiger partial charge in [0.2, 0.25) is 0 Å². The first-order chi connectivity index (χ1) is 9.26. The Morgan fingerprint density at radius 2 is 2.16 bits per heavy atom. The van der Waals surface area contributed by atoms with Crippen molar-refractivity contribution in [2.24, 2.45) is 0 Å². The molecule has 1 heterocycles. The Morgan fingerprint density at radius 3 is 2.79 bits per heavy atom. The average Bonchev–Trinajstić information content (AvgIpc) is 2.97. The van der Waals surface area contributed by atoms with Crippen LogP contribution in [-0.2, 0) is 11.3 Å². The molecule has 0 aliphatic heterocycles. The second-order valence-electron chi connectivity index (χ2n) is 3.61. The largest absolute Gasteiger partial charge is 0.493 e. The number of carbonyl (C=O) groups excluding carboxylic acids is 1. The zero-order valence-corrected chi connectivity index (χ0v) is 10.6. The van der Waals surface area contributed by atoms with E-state index >= 15 is 0 Å². The fourth-order valence-corrected chi connectivity index (χ4v) is 1.55. The van der Waals surface area contributed by atoms with E-state index in [2.05, 4.69) is 5.16 Å². The number of nitrogens with zero attached hydrogens (tertiary/aromatic N) is 1. The molecule has 0 N–H and O–H groups in total. The van der Waals surface area contributed by atoms with E-state index in [9.17, 15) is 4.79 Å². The highest BCUT2D eigenvalue weighted by atomic mass is 16.5. The summed E-state index contributed by atoms with van der Waals surface area (Å²) in [6.45, 7) is 0.168. The van der Waals surface area contributed by atoms with Gasteiger partial charge in [-0.05, 0) is 12.1 Å². The third-order valence-electron chi connectivity index (χ3n) is 2.46. The first-order valence-corrected chi connectivity index (χ1v) is 5.53. The highest BCUT2D eigenvalue weighted by Gasteiger charge is 2.17. The zero-order valence-electron chi connectivity index (χ0n) is 10.6. The van der Waals surface area contributed by atoms with Crippen molar-refractivity contribution in [3.8, 4) is 11.5 Å². The van der Waals surface area contributed by atoms with Crippen LogP contribution in [0.25, 0.3) is 0 Å². The molecule has 0 aliphatic rings. The highest BCUT2D eigenvalue weighted by molar-refractivity contribution is 5.93. The molecule has 19 heavy (non-hydrogen) atoms. The maximum atomic E-state index is 11.7. The predicted octanol–water partition coefficient (Wildman–Crippen LogP) is 2.05. The fraction of sp³-hybridized carbons (Fsp3) is 0.231. The van der Waals surface area contributed by atoms with Gasteiger partial charge < -0.3 is 18.7 Å². The minimum atomic E-state index is -0.492. The molecule has 6 nitrogen and oxygen atoms in total. The van der Waals surface area contributed by atoms with Crippen molar-refractivity contribution >= 4 is 5.97 Å². The first kappa shape index (κ1) is 12.9. The van der Waals surface area contributed by atoms with Crippen LogP contribution in [0.1, 0.15) is 16.1 Å². The molecule has 0 amide bonds. The molecule has 100 valence electrons. The minimum absolute atomic E-state index is 0.168. The van der Waals surface area contributed by atoms with Crippen molar-refractivity contribution in [1.29, 1.82) is 0 Å². The van der Waals surface area contributed by atoms with E-state index in [1.54, 1.807) is 24.3 Å². The van der Waals surface area contributed by atoms with Crippen molar-refractivity contribution < 1.29 is 23.5 Å². The monoisotopic (exact) mass is 263 g/mol. The van der Waals surface area contributed by atoms with Gasteiger partial charge in [0, 0.05) is 6.07 Å². The van der Waals surface area contributed by atoms with Gasteiger partial charge in [-0.25, -0.2) is 4.79 Å². The standard InChI is InChI=1S/C13H13NO5/c1-16-11-5-3-4-10(13(15)17-2)12(11)18-8-9-6-7-19-14-9/h3-7H,8H2,1-2H3. The van der Waals surface area contributed by atoms with E-state index in [4.69, 9.17) is 18.7 Å². The van der Waals surface area contributed by atoms with Gasteiger partial charge in [0.1, 0.15) is 24.1 Å². The van der Waals surface area contributed by atoms with Gasteiger partial charge in [0.25, 0.3) is 0 Å². The summed E-state index contributed by atoms with van der Waals surface area (Å²) >= 11 is 0. The van der Waals surface area contributed by atoms with E-state index in [1.807, 2.05) is 0 Å². The van der Waals surface area contributed by atoms with Crippen LogP contribution >= 0.6 is 0 Å². The lowest BCUT2D eigenvalue weighted by molar-refractivity contribution is 0.0594. The fourth-order valence-electron chi connectivity index (χ4n) is 1.55. The van der Waals surface area contributed by atoms with Gasteiger partial charge in [-0.3, -0.25) is 0 Å². The van der Waals surface area contributed by atoms with Crippen molar-refractivity contribution in [3.63, 3.8) is 0 Å². The molecule has 2 aromatic rings. The van der Waals surface area contributed by atoms with E-state index in [1.165, 1.54) is 20.5 Å². The number of hydrogen-bond donors (Lipinski definition) is 0. The molecule has 1 aromatic carbocycles. The lowest BCUT2D eigenvalue weighted by atomic mass is 10.2. The number of ether oxygens (including phenoxy) is 3. The maximum Gasteiger partial charge on any atom is 0.341 e. The Morgan fingerprint density at radius 1 is 1.32 bits per heavy atom. The summed E-state index contributed by atoms with van der Waals surface area (Å²) in [6, 6.07) is 6.67. The summed E-state index contributed by atoms with van der Waals surface area (Å²) < 4.78 is 20.2. The van der Waals surface area contributed by atoms with Crippen LogP contribution in [0.5, 0.6) is 11.5 Å². The van der Waals surface area contributed by atoms with Gasteiger partial charge in [-0.1, -0.05) is 11.2 Å². The summed E-state index contributed by atoms with van der Waals surface area (Å²) in [5.74, 6) is 0.278. The van der Waals surface area contributed by atoms with Crippen molar-refractivity contribution in [1.82, 2.24) is 5.16 Å². The molecule has 0 aliphatic carbocycles. The third-order valence-corrected chi connectivity index (χ3v) is 2.46. The Kier molecular flexibility index (Phi) is 4.02. The molecule has 0 fully saturated rings. The summed E-state index contributed by atoms with van der Waals surface area (Å²) in [5, 5.41) is 3.72. The van der Waals surface area contributed by atoms with Crippen LogP contribution in [0.15, 0.2) is 35.1 Å². The second-order valence-corrected chi connectivity index (χ2v) is 3.61. The molecule has 0 saturated carbocycles. The third kappa shape index (κ3) is 2.85. The molecule has 0 bridgehead atoms. The quantitative estimate of drug-likeness (QED) is 0.769. The van der Waals surface area contributed by atoms with Crippen LogP contribution in [0.2, 0.25) is 0 Å². The van der Waals surface area contributed by atoms with Gasteiger partial charge in [-0.15, -0.1) is 0 Å². The van der Waals surface area contributed by atoms with Crippen LogP contribution < -0.4 is 9.47 Å². The molecular formula is C13H13NO5.